The van der Waals surface area contributed by atoms with Crippen molar-refractivity contribution in [3.8, 4) is 11.5 Å². The molecule has 6 heteroatoms. The first-order valence-electron chi connectivity index (χ1n) is 5.87. The molecule has 0 saturated heterocycles. The van der Waals surface area contributed by atoms with Gasteiger partial charge in [-0.25, -0.2) is 9.97 Å². The van der Waals surface area contributed by atoms with Crippen LogP contribution in [0.15, 0.2) is 45.9 Å². The van der Waals surface area contributed by atoms with Crippen molar-refractivity contribution in [2.75, 3.05) is 0 Å². The third kappa shape index (κ3) is 1.44. The van der Waals surface area contributed by atoms with Gasteiger partial charge < -0.3 is 4.42 Å². The molecular weight excluding hydrogens is 278 g/mol. The van der Waals surface area contributed by atoms with Gasteiger partial charge in [0.25, 0.3) is 0 Å². The van der Waals surface area contributed by atoms with Gasteiger partial charge in [-0.05, 0) is 24.3 Å². The van der Waals surface area contributed by atoms with Gasteiger partial charge in [0.1, 0.15) is 16.2 Å². The van der Waals surface area contributed by atoms with Crippen LogP contribution in [0.25, 0.3) is 33.6 Å². The number of hydrogen-bond acceptors (Lipinski definition) is 5. The fraction of sp³-hybridized carbons (Fsp3) is 0. The van der Waals surface area contributed by atoms with Gasteiger partial charge in [0, 0.05) is 17.8 Å². The minimum atomic E-state index is -0.358. The van der Waals surface area contributed by atoms with Crippen LogP contribution in [0.3, 0.4) is 0 Å². The molecule has 4 rings (SSSR count). The number of pyridine rings is 2. The van der Waals surface area contributed by atoms with E-state index in [9.17, 15) is 4.79 Å². The molecule has 2 aliphatic rings. The zero-order chi connectivity index (χ0) is 13.7. The first kappa shape index (κ1) is 11.3. The Labute approximate surface area is 117 Å². The molecule has 2 aromatic rings. The molecule has 20 heavy (non-hydrogen) atoms. The first-order valence-corrected chi connectivity index (χ1v) is 6.25. The summed E-state index contributed by atoms with van der Waals surface area (Å²) in [5.41, 5.74) is 1.35. The van der Waals surface area contributed by atoms with Crippen LogP contribution in [-0.4, -0.2) is 15.0 Å². The standard InChI is InChI=1S/C14H6ClN3O2/c15-9-12(19)10-7(3-1-5-16-10)11-13(9)20-8-4-2-6-17-14(8)18-11/h1-6H. The van der Waals surface area contributed by atoms with Crippen molar-refractivity contribution in [3.05, 3.63) is 51.9 Å². The lowest BCUT2D eigenvalue weighted by atomic mass is 10.1. The van der Waals surface area contributed by atoms with E-state index >= 15 is 0 Å². The number of hydrogen-bond donors (Lipinski definition) is 0. The highest BCUT2D eigenvalue weighted by molar-refractivity contribution is 6.34. The van der Waals surface area contributed by atoms with E-state index in [0.29, 0.717) is 22.3 Å². The molecule has 0 bridgehead atoms. The molecule has 1 aliphatic heterocycles. The van der Waals surface area contributed by atoms with Crippen LogP contribution in [0.1, 0.15) is 0 Å². The van der Waals surface area contributed by atoms with Gasteiger partial charge in [-0.3, -0.25) is 9.78 Å². The van der Waals surface area contributed by atoms with Crippen molar-refractivity contribution in [2.45, 2.75) is 0 Å². The Balaban J connectivity index is 2.34. The van der Waals surface area contributed by atoms with Crippen LogP contribution < -0.4 is 5.43 Å². The van der Waals surface area contributed by atoms with Gasteiger partial charge in [-0.1, -0.05) is 11.6 Å². The lowest BCUT2D eigenvalue weighted by Gasteiger charge is -2.09. The van der Waals surface area contributed by atoms with Crippen LogP contribution in [0.2, 0.25) is 5.02 Å². The highest BCUT2D eigenvalue weighted by atomic mass is 35.5. The van der Waals surface area contributed by atoms with Crippen LogP contribution in [0, 0.1) is 0 Å². The molecule has 0 radical (unpaired) electrons. The molecule has 5 nitrogen and oxygen atoms in total. The largest absolute Gasteiger partial charge is 0.449 e. The van der Waals surface area contributed by atoms with E-state index in [1.807, 2.05) is 0 Å². The summed E-state index contributed by atoms with van der Waals surface area (Å²) in [6.45, 7) is 0. The molecule has 3 heterocycles. The summed E-state index contributed by atoms with van der Waals surface area (Å²) in [6.07, 6.45) is 3.17. The van der Waals surface area contributed by atoms with E-state index in [1.165, 1.54) is 0 Å². The van der Waals surface area contributed by atoms with Gasteiger partial charge in [-0.15, -0.1) is 0 Å². The van der Waals surface area contributed by atoms with E-state index in [4.69, 9.17) is 16.0 Å². The lowest BCUT2D eigenvalue weighted by molar-refractivity contribution is 0.612. The van der Waals surface area contributed by atoms with Gasteiger partial charge in [-0.2, -0.15) is 0 Å². The van der Waals surface area contributed by atoms with Gasteiger partial charge in [0.05, 0.1) is 0 Å². The van der Waals surface area contributed by atoms with Gasteiger partial charge in [0.15, 0.2) is 17.0 Å². The van der Waals surface area contributed by atoms with E-state index < -0.39 is 0 Å². The summed E-state index contributed by atoms with van der Waals surface area (Å²) in [5.74, 6) is 0.262. The summed E-state index contributed by atoms with van der Waals surface area (Å²) in [6, 6.07) is 6.95. The summed E-state index contributed by atoms with van der Waals surface area (Å²) >= 11 is 6.10. The molecule has 96 valence electrons. The molecule has 0 saturated carbocycles. The Morgan fingerprint density at radius 3 is 2.80 bits per heavy atom. The molecule has 0 fully saturated rings. The summed E-state index contributed by atoms with van der Waals surface area (Å²) < 4.78 is 5.68. The Hall–Kier alpha value is -2.53. The van der Waals surface area contributed by atoms with Crippen molar-refractivity contribution in [1.29, 1.82) is 0 Å². The topological polar surface area (TPSA) is 68.9 Å². The average Bonchev–Trinajstić information content (AvgIpc) is 2.51. The number of nitrogens with zero attached hydrogens (tertiary/aromatic N) is 3. The van der Waals surface area contributed by atoms with E-state index in [0.717, 1.165) is 0 Å². The molecule has 0 N–H and O–H groups in total. The minimum absolute atomic E-state index is 0.00977. The molecule has 0 unspecified atom stereocenters. The second-order valence-electron chi connectivity index (χ2n) is 4.26. The minimum Gasteiger partial charge on any atom is -0.449 e. The Kier molecular flexibility index (Phi) is 2.25. The third-order valence-corrected chi connectivity index (χ3v) is 3.42. The second kappa shape index (κ2) is 3.98. The highest BCUT2D eigenvalue weighted by Crippen LogP contribution is 2.33. The summed E-state index contributed by atoms with van der Waals surface area (Å²) in [5, 5.41) is 0.595. The highest BCUT2D eigenvalue weighted by Gasteiger charge is 2.21. The molecule has 1 aliphatic carbocycles. The van der Waals surface area contributed by atoms with Crippen LogP contribution in [0.4, 0.5) is 0 Å². The number of aromatic nitrogens is 3. The summed E-state index contributed by atoms with van der Waals surface area (Å²) in [4.78, 5) is 24.8. The monoisotopic (exact) mass is 283 g/mol. The fourth-order valence-electron chi connectivity index (χ4n) is 2.18. The van der Waals surface area contributed by atoms with Gasteiger partial charge >= 0.3 is 0 Å². The molecule has 0 atom stereocenters. The summed E-state index contributed by atoms with van der Waals surface area (Å²) in [7, 11) is 0. The first-order chi connectivity index (χ1) is 9.75. The third-order valence-electron chi connectivity index (χ3n) is 3.07. The fourth-order valence-corrected chi connectivity index (χ4v) is 2.39. The predicted octanol–water partition coefficient (Wildman–Crippen LogP) is 2.89. The van der Waals surface area contributed by atoms with Crippen molar-refractivity contribution < 1.29 is 4.42 Å². The maximum absolute atomic E-state index is 12.2. The van der Waals surface area contributed by atoms with Crippen LogP contribution >= 0.6 is 11.6 Å². The molecule has 0 aromatic carbocycles. The molecular formula is C14H6ClN3O2. The van der Waals surface area contributed by atoms with E-state index in [1.54, 1.807) is 36.7 Å². The number of halogens is 1. The smallest absolute Gasteiger partial charge is 0.227 e. The Morgan fingerprint density at radius 1 is 1.10 bits per heavy atom. The maximum atomic E-state index is 12.2. The quantitative estimate of drug-likeness (QED) is 0.367. The average molecular weight is 284 g/mol. The van der Waals surface area contributed by atoms with Crippen molar-refractivity contribution in [2.24, 2.45) is 0 Å². The Bertz CT molecular complexity index is 996. The SMILES string of the molecule is O=c1c(Cl)c2oc3cccnc3nc-2c2cccnc12. The van der Waals surface area contributed by atoms with E-state index in [2.05, 4.69) is 15.0 Å². The molecule has 0 amide bonds. The predicted molar refractivity (Wildman–Crippen MR) is 75.0 cm³/mol. The Morgan fingerprint density at radius 2 is 1.90 bits per heavy atom. The normalized spacial score (nSPS) is 11.4. The zero-order valence-electron chi connectivity index (χ0n) is 10.0. The van der Waals surface area contributed by atoms with Crippen molar-refractivity contribution >= 4 is 33.7 Å². The van der Waals surface area contributed by atoms with Crippen LogP contribution in [0.5, 0.6) is 0 Å². The number of fused-ring (bicyclic) bond motifs is 4. The van der Waals surface area contributed by atoms with E-state index in [-0.39, 0.29) is 21.7 Å². The molecule has 0 spiro atoms. The van der Waals surface area contributed by atoms with Crippen molar-refractivity contribution in [1.82, 2.24) is 15.0 Å². The number of rotatable bonds is 0. The number of benzene rings is 1. The molecule has 2 aromatic heterocycles. The van der Waals surface area contributed by atoms with Crippen LogP contribution in [-0.2, 0) is 0 Å². The zero-order valence-corrected chi connectivity index (χ0v) is 10.8. The van der Waals surface area contributed by atoms with Gasteiger partial charge in [0.2, 0.25) is 5.43 Å². The maximum Gasteiger partial charge on any atom is 0.227 e. The van der Waals surface area contributed by atoms with Crippen molar-refractivity contribution in [3.63, 3.8) is 0 Å². The lowest BCUT2D eigenvalue weighted by Crippen LogP contribution is -2.08. The second-order valence-corrected chi connectivity index (χ2v) is 4.64.